The molecule has 2 heterocycles. The third-order valence-electron chi connectivity index (χ3n) is 4.65. The molecule has 98 valence electrons. The molecular formula is C15H23N3. The van der Waals surface area contributed by atoms with Gasteiger partial charge >= 0.3 is 0 Å². The molecule has 1 saturated carbocycles. The molecular weight excluding hydrogens is 222 g/mol. The van der Waals surface area contributed by atoms with Crippen molar-refractivity contribution in [1.29, 1.82) is 0 Å². The van der Waals surface area contributed by atoms with Gasteiger partial charge in [0.05, 0.1) is 0 Å². The van der Waals surface area contributed by atoms with Crippen molar-refractivity contribution in [3.63, 3.8) is 0 Å². The average molecular weight is 245 g/mol. The third-order valence-corrected chi connectivity index (χ3v) is 4.65. The highest BCUT2D eigenvalue weighted by atomic mass is 15.2. The van der Waals surface area contributed by atoms with Crippen molar-refractivity contribution in [3.8, 4) is 0 Å². The number of hydrogen-bond donors (Lipinski definition) is 1. The van der Waals surface area contributed by atoms with Crippen LogP contribution in [0, 0.1) is 5.92 Å². The van der Waals surface area contributed by atoms with Crippen molar-refractivity contribution >= 4 is 0 Å². The maximum absolute atomic E-state index is 4.24. The lowest BCUT2D eigenvalue weighted by molar-refractivity contribution is 0.0945. The molecule has 0 amide bonds. The summed E-state index contributed by atoms with van der Waals surface area (Å²) in [5.41, 5.74) is 1.66. The SMILES string of the molecule is CC(c1cccnc1)N1CCNC(C)(C2CC2)C1. The van der Waals surface area contributed by atoms with Crippen molar-refractivity contribution in [1.82, 2.24) is 15.2 Å². The van der Waals surface area contributed by atoms with E-state index in [9.17, 15) is 0 Å². The van der Waals surface area contributed by atoms with Gasteiger partial charge in [-0.25, -0.2) is 0 Å². The van der Waals surface area contributed by atoms with Crippen LogP contribution in [0.3, 0.4) is 0 Å². The summed E-state index contributed by atoms with van der Waals surface area (Å²) in [5, 5.41) is 3.74. The van der Waals surface area contributed by atoms with Gasteiger partial charge in [-0.1, -0.05) is 6.07 Å². The molecule has 0 spiro atoms. The van der Waals surface area contributed by atoms with Crippen LogP contribution >= 0.6 is 0 Å². The minimum absolute atomic E-state index is 0.328. The molecule has 2 unspecified atom stereocenters. The number of nitrogens with one attached hydrogen (secondary N) is 1. The lowest BCUT2D eigenvalue weighted by Gasteiger charge is -2.44. The van der Waals surface area contributed by atoms with Gasteiger partial charge < -0.3 is 5.32 Å². The van der Waals surface area contributed by atoms with Crippen LogP contribution in [0.25, 0.3) is 0 Å². The van der Waals surface area contributed by atoms with Crippen LogP contribution in [0.5, 0.6) is 0 Å². The zero-order chi connectivity index (χ0) is 12.6. The van der Waals surface area contributed by atoms with Crippen molar-refractivity contribution in [2.75, 3.05) is 19.6 Å². The van der Waals surface area contributed by atoms with Gasteiger partial charge in [0.1, 0.15) is 0 Å². The molecule has 1 saturated heterocycles. The Morgan fingerprint density at radius 2 is 2.33 bits per heavy atom. The molecule has 2 atom stereocenters. The summed E-state index contributed by atoms with van der Waals surface area (Å²) in [7, 11) is 0. The molecule has 0 radical (unpaired) electrons. The third kappa shape index (κ3) is 2.29. The topological polar surface area (TPSA) is 28.2 Å². The maximum Gasteiger partial charge on any atom is 0.0336 e. The van der Waals surface area contributed by atoms with Gasteiger partial charge in [0.25, 0.3) is 0 Å². The molecule has 0 bridgehead atoms. The first-order valence-corrected chi connectivity index (χ1v) is 7.08. The first-order chi connectivity index (χ1) is 8.69. The fourth-order valence-corrected chi connectivity index (χ4v) is 3.20. The van der Waals surface area contributed by atoms with Gasteiger partial charge in [-0.15, -0.1) is 0 Å². The number of piperazine rings is 1. The van der Waals surface area contributed by atoms with Crippen LogP contribution in [-0.4, -0.2) is 35.1 Å². The molecule has 1 aromatic heterocycles. The van der Waals surface area contributed by atoms with E-state index < -0.39 is 0 Å². The van der Waals surface area contributed by atoms with Crippen molar-refractivity contribution in [2.45, 2.75) is 38.3 Å². The van der Waals surface area contributed by atoms with E-state index in [2.05, 4.69) is 35.1 Å². The minimum Gasteiger partial charge on any atom is -0.309 e. The van der Waals surface area contributed by atoms with Crippen molar-refractivity contribution < 1.29 is 0 Å². The average Bonchev–Trinajstić information content (AvgIpc) is 3.24. The Kier molecular flexibility index (Phi) is 3.12. The summed E-state index contributed by atoms with van der Waals surface area (Å²) in [4.78, 5) is 6.85. The minimum atomic E-state index is 0.328. The zero-order valence-corrected chi connectivity index (χ0v) is 11.4. The molecule has 3 heteroatoms. The number of aromatic nitrogens is 1. The van der Waals surface area contributed by atoms with E-state index in [4.69, 9.17) is 0 Å². The molecule has 2 fully saturated rings. The molecule has 0 aromatic carbocycles. The summed E-state index contributed by atoms with van der Waals surface area (Å²) in [5.74, 6) is 0.890. The summed E-state index contributed by atoms with van der Waals surface area (Å²) in [6, 6.07) is 4.70. The summed E-state index contributed by atoms with van der Waals surface area (Å²) in [6.07, 6.45) is 6.65. The number of nitrogens with zero attached hydrogens (tertiary/aromatic N) is 2. The molecule has 3 nitrogen and oxygen atoms in total. The second kappa shape index (κ2) is 4.63. The molecule has 2 aliphatic rings. The van der Waals surface area contributed by atoms with Crippen LogP contribution in [0.1, 0.15) is 38.3 Å². The number of rotatable bonds is 3. The lowest BCUT2D eigenvalue weighted by atomic mass is 9.91. The van der Waals surface area contributed by atoms with E-state index >= 15 is 0 Å². The van der Waals surface area contributed by atoms with Gasteiger partial charge in [-0.05, 0) is 44.2 Å². The summed E-state index contributed by atoms with van der Waals surface area (Å²) in [6.45, 7) is 8.10. The fraction of sp³-hybridized carbons (Fsp3) is 0.667. The maximum atomic E-state index is 4.24. The van der Waals surface area contributed by atoms with Crippen LogP contribution in [0.2, 0.25) is 0 Å². The van der Waals surface area contributed by atoms with Gasteiger partial charge in [0, 0.05) is 43.6 Å². The lowest BCUT2D eigenvalue weighted by Crippen LogP contribution is -2.60. The molecule has 3 rings (SSSR count). The number of pyridine rings is 1. The van der Waals surface area contributed by atoms with E-state index in [1.54, 1.807) is 0 Å². The Hall–Kier alpha value is -0.930. The predicted octanol–water partition coefficient (Wildman–Crippen LogP) is 2.22. The quantitative estimate of drug-likeness (QED) is 0.885. The first kappa shape index (κ1) is 12.1. The highest BCUT2D eigenvalue weighted by molar-refractivity contribution is 5.14. The highest BCUT2D eigenvalue weighted by Gasteiger charge is 2.44. The van der Waals surface area contributed by atoms with Crippen LogP contribution in [-0.2, 0) is 0 Å². The Bertz CT molecular complexity index is 401. The zero-order valence-electron chi connectivity index (χ0n) is 11.4. The van der Waals surface area contributed by atoms with Gasteiger partial charge in [-0.3, -0.25) is 9.88 Å². The Morgan fingerprint density at radius 3 is 3.00 bits per heavy atom. The Labute approximate surface area is 110 Å². The van der Waals surface area contributed by atoms with Crippen LogP contribution < -0.4 is 5.32 Å². The molecule has 1 aliphatic carbocycles. The fourth-order valence-electron chi connectivity index (χ4n) is 3.20. The smallest absolute Gasteiger partial charge is 0.0336 e. The van der Waals surface area contributed by atoms with Gasteiger partial charge in [-0.2, -0.15) is 0 Å². The van der Waals surface area contributed by atoms with Crippen LogP contribution in [0.15, 0.2) is 24.5 Å². The van der Waals surface area contributed by atoms with Gasteiger partial charge in [0.15, 0.2) is 0 Å². The van der Waals surface area contributed by atoms with E-state index in [1.807, 2.05) is 18.5 Å². The van der Waals surface area contributed by atoms with E-state index in [1.165, 1.54) is 18.4 Å². The second-order valence-corrected chi connectivity index (χ2v) is 6.05. The molecule has 1 N–H and O–H groups in total. The standard InChI is InChI=1S/C15H23N3/c1-12(13-4-3-7-16-10-13)18-9-8-17-15(2,11-18)14-5-6-14/h3-4,7,10,12,14,17H,5-6,8-9,11H2,1-2H3. The monoisotopic (exact) mass is 245 g/mol. The second-order valence-electron chi connectivity index (χ2n) is 6.05. The van der Waals surface area contributed by atoms with Crippen molar-refractivity contribution in [3.05, 3.63) is 30.1 Å². The molecule has 18 heavy (non-hydrogen) atoms. The Morgan fingerprint density at radius 1 is 1.50 bits per heavy atom. The first-order valence-electron chi connectivity index (χ1n) is 7.08. The largest absolute Gasteiger partial charge is 0.309 e. The highest BCUT2D eigenvalue weighted by Crippen LogP contribution is 2.41. The molecule has 1 aliphatic heterocycles. The Balaban J connectivity index is 1.72. The van der Waals surface area contributed by atoms with Crippen LogP contribution in [0.4, 0.5) is 0 Å². The van der Waals surface area contributed by atoms with E-state index in [0.29, 0.717) is 11.6 Å². The van der Waals surface area contributed by atoms with Crippen molar-refractivity contribution in [2.24, 2.45) is 5.92 Å². The van der Waals surface area contributed by atoms with E-state index in [0.717, 1.165) is 25.6 Å². The normalized spacial score (nSPS) is 31.2. The van der Waals surface area contributed by atoms with E-state index in [-0.39, 0.29) is 0 Å². The number of hydrogen-bond acceptors (Lipinski definition) is 3. The van der Waals surface area contributed by atoms with Gasteiger partial charge in [0.2, 0.25) is 0 Å². The summed E-state index contributed by atoms with van der Waals surface area (Å²) < 4.78 is 0. The molecule has 1 aromatic rings. The summed E-state index contributed by atoms with van der Waals surface area (Å²) >= 11 is 0. The predicted molar refractivity (Wildman–Crippen MR) is 73.4 cm³/mol.